The third-order valence-corrected chi connectivity index (χ3v) is 4.31. The molecule has 20 heavy (non-hydrogen) atoms. The van der Waals surface area contributed by atoms with Gasteiger partial charge in [0.1, 0.15) is 0 Å². The highest BCUT2D eigenvalue weighted by Crippen LogP contribution is 2.18. The summed E-state index contributed by atoms with van der Waals surface area (Å²) < 4.78 is 0. The Hall–Kier alpha value is -1.49. The third kappa shape index (κ3) is 3.76. The van der Waals surface area contributed by atoms with Crippen LogP contribution in [0.4, 0.5) is 0 Å². The van der Waals surface area contributed by atoms with E-state index in [0.717, 1.165) is 5.56 Å². The van der Waals surface area contributed by atoms with E-state index in [2.05, 4.69) is 29.6 Å². The van der Waals surface area contributed by atoms with Crippen molar-refractivity contribution in [2.24, 2.45) is 5.92 Å². The second kappa shape index (κ2) is 6.79. The first-order valence-corrected chi connectivity index (χ1v) is 7.97. The number of nitrogens with one attached hydrogen (secondary N) is 1. The van der Waals surface area contributed by atoms with Crippen LogP contribution in [0.3, 0.4) is 0 Å². The van der Waals surface area contributed by atoms with Gasteiger partial charge in [-0.3, -0.25) is 9.59 Å². The average Bonchev–Trinajstić information content (AvgIpc) is 2.48. The van der Waals surface area contributed by atoms with E-state index in [1.165, 1.54) is 4.90 Å². The number of benzene rings is 1. The van der Waals surface area contributed by atoms with Crippen molar-refractivity contribution in [2.75, 3.05) is 19.8 Å². The van der Waals surface area contributed by atoms with Crippen LogP contribution < -0.4 is 5.32 Å². The van der Waals surface area contributed by atoms with Gasteiger partial charge in [0.05, 0.1) is 5.92 Å². The summed E-state index contributed by atoms with van der Waals surface area (Å²) in [6, 6.07) is 8.24. The molecule has 1 aliphatic rings. The molecular formula is C15H20N2O2S. The van der Waals surface area contributed by atoms with Gasteiger partial charge in [0.2, 0.25) is 11.8 Å². The third-order valence-electron chi connectivity index (χ3n) is 3.57. The normalized spacial score (nSPS) is 18.5. The van der Waals surface area contributed by atoms with E-state index in [9.17, 15) is 9.59 Å². The van der Waals surface area contributed by atoms with Gasteiger partial charge in [-0.1, -0.05) is 12.1 Å². The van der Waals surface area contributed by atoms with Crippen LogP contribution in [0.15, 0.2) is 29.2 Å². The van der Waals surface area contributed by atoms with Crippen molar-refractivity contribution in [2.45, 2.75) is 24.3 Å². The Bertz CT molecular complexity index is 477. The predicted octanol–water partition coefficient (Wildman–Crippen LogP) is 1.89. The molecule has 1 atom stereocenters. The number of piperidine rings is 1. The molecule has 1 unspecified atom stereocenters. The number of rotatable bonds is 4. The van der Waals surface area contributed by atoms with Crippen LogP contribution in [-0.4, -0.2) is 36.6 Å². The Morgan fingerprint density at radius 1 is 1.40 bits per heavy atom. The van der Waals surface area contributed by atoms with Crippen LogP contribution >= 0.6 is 11.8 Å². The largest absolute Gasteiger partial charge is 0.355 e. The van der Waals surface area contributed by atoms with Gasteiger partial charge in [-0.05, 0) is 30.4 Å². The van der Waals surface area contributed by atoms with Crippen molar-refractivity contribution in [1.82, 2.24) is 10.2 Å². The Kier molecular flexibility index (Phi) is 5.06. The van der Waals surface area contributed by atoms with Gasteiger partial charge < -0.3 is 10.2 Å². The molecule has 0 aromatic heterocycles. The van der Waals surface area contributed by atoms with E-state index in [0.29, 0.717) is 25.9 Å². The summed E-state index contributed by atoms with van der Waals surface area (Å²) >= 11 is 1.70. The SMILES string of the molecule is CSc1ccc(CN(C)C(=O)C2CCC(=O)NC2)cc1. The smallest absolute Gasteiger partial charge is 0.227 e. The maximum atomic E-state index is 12.3. The molecule has 1 N–H and O–H groups in total. The van der Waals surface area contributed by atoms with E-state index < -0.39 is 0 Å². The monoisotopic (exact) mass is 292 g/mol. The molecule has 0 radical (unpaired) electrons. The second-order valence-electron chi connectivity index (χ2n) is 5.08. The highest BCUT2D eigenvalue weighted by molar-refractivity contribution is 7.98. The Morgan fingerprint density at radius 2 is 2.10 bits per heavy atom. The molecule has 0 saturated carbocycles. The lowest BCUT2D eigenvalue weighted by Gasteiger charge is -2.26. The Morgan fingerprint density at radius 3 is 2.65 bits per heavy atom. The fraction of sp³-hybridized carbons (Fsp3) is 0.467. The summed E-state index contributed by atoms with van der Waals surface area (Å²) in [5.41, 5.74) is 1.12. The molecule has 4 nitrogen and oxygen atoms in total. The maximum absolute atomic E-state index is 12.3. The number of amides is 2. The minimum atomic E-state index is -0.0804. The van der Waals surface area contributed by atoms with Crippen LogP contribution in [-0.2, 0) is 16.1 Å². The standard InChI is InChI=1S/C15H20N2O2S/c1-17(10-11-3-6-13(20-2)7-4-11)15(19)12-5-8-14(18)16-9-12/h3-4,6-7,12H,5,8-10H2,1-2H3,(H,16,18). The minimum Gasteiger partial charge on any atom is -0.355 e. The molecule has 108 valence electrons. The Labute approximate surface area is 123 Å². The first-order valence-electron chi connectivity index (χ1n) is 6.74. The van der Waals surface area contributed by atoms with Crippen molar-refractivity contribution >= 4 is 23.6 Å². The number of carbonyl (C=O) groups is 2. The predicted molar refractivity (Wildman–Crippen MR) is 80.4 cm³/mol. The van der Waals surface area contributed by atoms with Crippen LogP contribution in [0.2, 0.25) is 0 Å². The number of carbonyl (C=O) groups excluding carboxylic acids is 2. The lowest BCUT2D eigenvalue weighted by Crippen LogP contribution is -2.43. The van der Waals surface area contributed by atoms with Crippen LogP contribution in [0.25, 0.3) is 0 Å². The first kappa shape index (κ1) is 14.9. The molecule has 1 aromatic rings. The summed E-state index contributed by atoms with van der Waals surface area (Å²) in [7, 11) is 1.82. The summed E-state index contributed by atoms with van der Waals surface area (Å²) in [5, 5.41) is 2.76. The molecule has 5 heteroatoms. The number of hydrogen-bond donors (Lipinski definition) is 1. The fourth-order valence-electron chi connectivity index (χ4n) is 2.34. The summed E-state index contributed by atoms with van der Waals surface area (Å²) in [6.07, 6.45) is 3.15. The van der Waals surface area contributed by atoms with Crippen LogP contribution in [0.1, 0.15) is 18.4 Å². The second-order valence-corrected chi connectivity index (χ2v) is 5.96. The van der Waals surface area contributed by atoms with Crippen molar-refractivity contribution in [3.05, 3.63) is 29.8 Å². The zero-order chi connectivity index (χ0) is 14.5. The fourth-order valence-corrected chi connectivity index (χ4v) is 2.75. The molecule has 1 fully saturated rings. The van der Waals surface area contributed by atoms with E-state index in [-0.39, 0.29) is 17.7 Å². The molecule has 1 aromatic carbocycles. The van der Waals surface area contributed by atoms with E-state index >= 15 is 0 Å². The quantitative estimate of drug-likeness (QED) is 0.862. The molecule has 2 amide bonds. The molecule has 2 rings (SSSR count). The maximum Gasteiger partial charge on any atom is 0.227 e. The van der Waals surface area contributed by atoms with Gasteiger partial charge in [-0.25, -0.2) is 0 Å². The van der Waals surface area contributed by atoms with Gasteiger partial charge in [-0.2, -0.15) is 0 Å². The van der Waals surface area contributed by atoms with E-state index in [1.54, 1.807) is 16.7 Å². The topological polar surface area (TPSA) is 49.4 Å². The van der Waals surface area contributed by atoms with Crippen LogP contribution in [0, 0.1) is 5.92 Å². The number of nitrogens with zero attached hydrogens (tertiary/aromatic N) is 1. The highest BCUT2D eigenvalue weighted by atomic mass is 32.2. The number of hydrogen-bond acceptors (Lipinski definition) is 3. The molecule has 1 saturated heterocycles. The average molecular weight is 292 g/mol. The van der Waals surface area contributed by atoms with Crippen LogP contribution in [0.5, 0.6) is 0 Å². The summed E-state index contributed by atoms with van der Waals surface area (Å²) in [4.78, 5) is 26.4. The highest BCUT2D eigenvalue weighted by Gasteiger charge is 2.26. The Balaban J connectivity index is 1.91. The minimum absolute atomic E-state index is 0.0457. The zero-order valence-electron chi connectivity index (χ0n) is 11.9. The van der Waals surface area contributed by atoms with Crippen molar-refractivity contribution in [3.63, 3.8) is 0 Å². The lowest BCUT2D eigenvalue weighted by molar-refractivity contribution is -0.136. The van der Waals surface area contributed by atoms with E-state index in [4.69, 9.17) is 0 Å². The molecule has 1 aliphatic heterocycles. The van der Waals surface area contributed by atoms with Gasteiger partial charge in [-0.15, -0.1) is 11.8 Å². The van der Waals surface area contributed by atoms with Crippen molar-refractivity contribution < 1.29 is 9.59 Å². The van der Waals surface area contributed by atoms with E-state index in [1.807, 2.05) is 13.3 Å². The molecule has 0 bridgehead atoms. The zero-order valence-corrected chi connectivity index (χ0v) is 12.7. The molecule has 0 aliphatic carbocycles. The lowest BCUT2D eigenvalue weighted by atomic mass is 9.97. The van der Waals surface area contributed by atoms with Gasteiger partial charge in [0.15, 0.2) is 0 Å². The van der Waals surface area contributed by atoms with Gasteiger partial charge in [0, 0.05) is 31.5 Å². The summed E-state index contributed by atoms with van der Waals surface area (Å²) in [6.45, 7) is 1.07. The number of thioether (sulfide) groups is 1. The summed E-state index contributed by atoms with van der Waals surface area (Å²) in [5.74, 6) is 0.0754. The van der Waals surface area contributed by atoms with Gasteiger partial charge >= 0.3 is 0 Å². The van der Waals surface area contributed by atoms with Crippen molar-refractivity contribution in [3.8, 4) is 0 Å². The van der Waals surface area contributed by atoms with Gasteiger partial charge in [0.25, 0.3) is 0 Å². The molecule has 0 spiro atoms. The molecular weight excluding hydrogens is 272 g/mol. The first-order chi connectivity index (χ1) is 9.60. The molecule has 1 heterocycles. The van der Waals surface area contributed by atoms with Crippen molar-refractivity contribution in [1.29, 1.82) is 0 Å².